The Morgan fingerprint density at radius 2 is 1.61 bits per heavy atom. The highest BCUT2D eigenvalue weighted by Gasteiger charge is 2.01. The fraction of sp³-hybridized carbons (Fsp3) is 0.250. The number of hydrogen-bond acceptors (Lipinski definition) is 2. The quantitative estimate of drug-likeness (QED) is 0.834. The van der Waals surface area contributed by atoms with Crippen molar-refractivity contribution < 1.29 is 5.11 Å². The van der Waals surface area contributed by atoms with E-state index in [2.05, 4.69) is 44.2 Å². The van der Waals surface area contributed by atoms with Crippen LogP contribution in [0, 0.1) is 13.8 Å². The molecule has 0 saturated carbocycles. The standard InChI is InChI=1S/C16H18OS/c1-12-3-4-13(2)16(9-12)18-11-15-7-5-14(10-17)6-8-15/h3-9,17H,10-11H2,1-2H3. The van der Waals surface area contributed by atoms with Gasteiger partial charge < -0.3 is 5.11 Å². The molecule has 0 saturated heterocycles. The Labute approximate surface area is 113 Å². The lowest BCUT2D eigenvalue weighted by Crippen LogP contribution is -1.86. The average molecular weight is 258 g/mol. The minimum Gasteiger partial charge on any atom is -0.392 e. The summed E-state index contributed by atoms with van der Waals surface area (Å²) in [5, 5.41) is 9.00. The van der Waals surface area contributed by atoms with Crippen molar-refractivity contribution >= 4 is 11.8 Å². The van der Waals surface area contributed by atoms with Gasteiger partial charge in [0, 0.05) is 10.6 Å². The summed E-state index contributed by atoms with van der Waals surface area (Å²) in [7, 11) is 0. The smallest absolute Gasteiger partial charge is 0.0681 e. The van der Waals surface area contributed by atoms with Crippen LogP contribution in [-0.2, 0) is 12.4 Å². The maximum atomic E-state index is 9.00. The molecule has 18 heavy (non-hydrogen) atoms. The number of hydrogen-bond donors (Lipinski definition) is 1. The van der Waals surface area contributed by atoms with Gasteiger partial charge in [-0.1, -0.05) is 42.0 Å². The van der Waals surface area contributed by atoms with Gasteiger partial charge in [-0.2, -0.15) is 0 Å². The van der Waals surface area contributed by atoms with Crippen LogP contribution in [0.5, 0.6) is 0 Å². The number of thioether (sulfide) groups is 1. The SMILES string of the molecule is Cc1ccc(C)c(SCc2ccc(CO)cc2)c1. The lowest BCUT2D eigenvalue weighted by Gasteiger charge is -2.07. The molecule has 94 valence electrons. The van der Waals surface area contributed by atoms with Crippen molar-refractivity contribution in [3.05, 3.63) is 64.7 Å². The van der Waals surface area contributed by atoms with Crippen LogP contribution in [0.2, 0.25) is 0 Å². The van der Waals surface area contributed by atoms with Gasteiger partial charge in [-0.15, -0.1) is 11.8 Å². The fourth-order valence-electron chi connectivity index (χ4n) is 1.76. The van der Waals surface area contributed by atoms with Gasteiger partial charge in [-0.05, 0) is 36.6 Å². The second kappa shape index (κ2) is 6.07. The molecule has 0 radical (unpaired) electrons. The number of aryl methyl sites for hydroxylation is 2. The van der Waals surface area contributed by atoms with Gasteiger partial charge in [0.05, 0.1) is 6.61 Å². The molecule has 1 N–H and O–H groups in total. The molecule has 0 spiro atoms. The monoisotopic (exact) mass is 258 g/mol. The third-order valence-corrected chi connectivity index (χ3v) is 4.17. The van der Waals surface area contributed by atoms with E-state index in [0.717, 1.165) is 11.3 Å². The van der Waals surface area contributed by atoms with Crippen molar-refractivity contribution in [3.63, 3.8) is 0 Å². The normalized spacial score (nSPS) is 10.6. The molecule has 0 heterocycles. The Morgan fingerprint density at radius 3 is 2.28 bits per heavy atom. The molecule has 0 aliphatic rings. The highest BCUT2D eigenvalue weighted by Crippen LogP contribution is 2.27. The van der Waals surface area contributed by atoms with Crippen molar-refractivity contribution in [2.75, 3.05) is 0 Å². The molecule has 2 aromatic carbocycles. The van der Waals surface area contributed by atoms with Gasteiger partial charge in [0.25, 0.3) is 0 Å². The van der Waals surface area contributed by atoms with Crippen molar-refractivity contribution in [2.45, 2.75) is 31.1 Å². The van der Waals surface area contributed by atoms with E-state index >= 15 is 0 Å². The van der Waals surface area contributed by atoms with Crippen LogP contribution in [0.15, 0.2) is 47.4 Å². The van der Waals surface area contributed by atoms with Gasteiger partial charge in [-0.3, -0.25) is 0 Å². The summed E-state index contributed by atoms with van der Waals surface area (Å²) < 4.78 is 0. The Kier molecular flexibility index (Phi) is 4.45. The Morgan fingerprint density at radius 1 is 0.944 bits per heavy atom. The van der Waals surface area contributed by atoms with Crippen molar-refractivity contribution in [3.8, 4) is 0 Å². The molecule has 2 aromatic rings. The van der Waals surface area contributed by atoms with Crippen LogP contribution < -0.4 is 0 Å². The average Bonchev–Trinajstić information content (AvgIpc) is 2.40. The molecular weight excluding hydrogens is 240 g/mol. The molecule has 0 atom stereocenters. The maximum Gasteiger partial charge on any atom is 0.0681 e. The molecule has 2 rings (SSSR count). The van der Waals surface area contributed by atoms with E-state index in [1.165, 1.54) is 21.6 Å². The van der Waals surface area contributed by atoms with E-state index in [1.807, 2.05) is 23.9 Å². The Hall–Kier alpha value is -1.25. The molecule has 0 aromatic heterocycles. The van der Waals surface area contributed by atoms with Gasteiger partial charge in [-0.25, -0.2) is 0 Å². The second-order valence-corrected chi connectivity index (χ2v) is 5.55. The first-order valence-corrected chi connectivity index (χ1v) is 7.06. The van der Waals surface area contributed by atoms with Gasteiger partial charge in [0.15, 0.2) is 0 Å². The first-order chi connectivity index (χ1) is 8.69. The molecule has 0 bridgehead atoms. The topological polar surface area (TPSA) is 20.2 Å². The zero-order valence-corrected chi connectivity index (χ0v) is 11.6. The second-order valence-electron chi connectivity index (χ2n) is 4.53. The highest BCUT2D eigenvalue weighted by atomic mass is 32.2. The van der Waals surface area contributed by atoms with Crippen LogP contribution in [0.1, 0.15) is 22.3 Å². The summed E-state index contributed by atoms with van der Waals surface area (Å²) in [5.41, 5.74) is 4.89. The van der Waals surface area contributed by atoms with Gasteiger partial charge in [0.2, 0.25) is 0 Å². The number of aliphatic hydroxyl groups is 1. The summed E-state index contributed by atoms with van der Waals surface area (Å²) in [6, 6.07) is 14.7. The van der Waals surface area contributed by atoms with E-state index < -0.39 is 0 Å². The summed E-state index contributed by atoms with van der Waals surface area (Å²) in [4.78, 5) is 1.35. The molecule has 1 nitrogen and oxygen atoms in total. The van der Waals surface area contributed by atoms with Crippen LogP contribution in [-0.4, -0.2) is 5.11 Å². The zero-order valence-electron chi connectivity index (χ0n) is 10.8. The molecule has 0 aliphatic heterocycles. The van der Waals surface area contributed by atoms with E-state index in [4.69, 9.17) is 5.11 Å². The van der Waals surface area contributed by atoms with E-state index in [9.17, 15) is 0 Å². The van der Waals surface area contributed by atoms with Crippen LogP contribution in [0.25, 0.3) is 0 Å². The molecule has 0 fully saturated rings. The summed E-state index contributed by atoms with van der Waals surface area (Å²) in [5.74, 6) is 0.968. The Balaban J connectivity index is 2.04. The van der Waals surface area contributed by atoms with E-state index in [-0.39, 0.29) is 6.61 Å². The lowest BCUT2D eigenvalue weighted by molar-refractivity contribution is 0.282. The summed E-state index contributed by atoms with van der Waals surface area (Å²) in [6.45, 7) is 4.39. The third-order valence-electron chi connectivity index (χ3n) is 2.94. The largest absolute Gasteiger partial charge is 0.392 e. The van der Waals surface area contributed by atoms with Crippen molar-refractivity contribution in [1.29, 1.82) is 0 Å². The van der Waals surface area contributed by atoms with Crippen molar-refractivity contribution in [2.24, 2.45) is 0 Å². The van der Waals surface area contributed by atoms with Crippen molar-refractivity contribution in [1.82, 2.24) is 0 Å². The van der Waals surface area contributed by atoms with Crippen LogP contribution in [0.3, 0.4) is 0 Å². The summed E-state index contributed by atoms with van der Waals surface area (Å²) in [6.07, 6.45) is 0. The van der Waals surface area contributed by atoms with Gasteiger partial charge in [0.1, 0.15) is 0 Å². The highest BCUT2D eigenvalue weighted by molar-refractivity contribution is 7.98. The number of aliphatic hydroxyl groups excluding tert-OH is 1. The van der Waals surface area contributed by atoms with Crippen LogP contribution in [0.4, 0.5) is 0 Å². The Bertz CT molecular complexity index is 517. The van der Waals surface area contributed by atoms with Crippen LogP contribution >= 0.6 is 11.8 Å². The van der Waals surface area contributed by atoms with Gasteiger partial charge >= 0.3 is 0 Å². The predicted octanol–water partition coefficient (Wildman–Crippen LogP) is 4.09. The number of rotatable bonds is 4. The maximum absolute atomic E-state index is 9.00. The minimum absolute atomic E-state index is 0.115. The zero-order chi connectivity index (χ0) is 13.0. The fourth-order valence-corrected chi connectivity index (χ4v) is 2.84. The predicted molar refractivity (Wildman–Crippen MR) is 77.8 cm³/mol. The molecule has 0 aliphatic carbocycles. The first kappa shape index (κ1) is 13.2. The van der Waals surface area contributed by atoms with E-state index in [1.54, 1.807) is 0 Å². The number of benzene rings is 2. The lowest BCUT2D eigenvalue weighted by atomic mass is 10.2. The van der Waals surface area contributed by atoms with E-state index in [0.29, 0.717) is 0 Å². The summed E-state index contributed by atoms with van der Waals surface area (Å²) >= 11 is 1.87. The molecule has 0 unspecified atom stereocenters. The molecule has 0 amide bonds. The third kappa shape index (κ3) is 3.37. The molecule has 2 heteroatoms. The molecular formula is C16H18OS. The first-order valence-electron chi connectivity index (χ1n) is 6.08. The minimum atomic E-state index is 0.115.